The van der Waals surface area contributed by atoms with Crippen molar-refractivity contribution >= 4 is 17.6 Å². The topological polar surface area (TPSA) is 106 Å². The van der Waals surface area contributed by atoms with Gasteiger partial charge in [-0.25, -0.2) is 4.79 Å². The summed E-state index contributed by atoms with van der Waals surface area (Å²) in [6.07, 6.45) is 3.03. The molecule has 1 aromatic rings. The van der Waals surface area contributed by atoms with Gasteiger partial charge in [-0.05, 0) is 12.8 Å². The molecule has 0 radical (unpaired) electrons. The van der Waals surface area contributed by atoms with Gasteiger partial charge >= 0.3 is 6.09 Å². The lowest BCUT2D eigenvalue weighted by Crippen LogP contribution is -2.54. The first kappa shape index (κ1) is 14.0. The van der Waals surface area contributed by atoms with Crippen LogP contribution in [-0.2, 0) is 11.8 Å². The number of hydrogen-bond donors (Lipinski definition) is 3. The number of nitrogen functional groups attached to an aromatic ring is 1. The van der Waals surface area contributed by atoms with Gasteiger partial charge in [-0.2, -0.15) is 5.10 Å². The van der Waals surface area contributed by atoms with Gasteiger partial charge in [0.2, 0.25) is 0 Å². The van der Waals surface area contributed by atoms with Gasteiger partial charge in [-0.3, -0.25) is 4.68 Å². The number of ether oxygens (including phenoxy) is 1. The molecule has 1 unspecified atom stereocenters. The molecule has 1 spiro atoms. The third kappa shape index (κ3) is 2.63. The maximum atomic E-state index is 10.9. The first-order chi connectivity index (χ1) is 9.99. The number of aryl methyl sites for hydroxylation is 1. The van der Waals surface area contributed by atoms with Crippen molar-refractivity contribution < 1.29 is 14.6 Å². The van der Waals surface area contributed by atoms with Gasteiger partial charge in [-0.15, -0.1) is 0 Å². The van der Waals surface area contributed by atoms with Crippen LogP contribution in [0, 0.1) is 0 Å². The molecular weight excluding hydrogens is 274 g/mol. The van der Waals surface area contributed by atoms with Crippen molar-refractivity contribution in [2.75, 3.05) is 30.3 Å². The number of anilines is 2. The Kier molecular flexibility index (Phi) is 3.40. The lowest BCUT2D eigenvalue weighted by atomic mass is 9.87. The second-order valence-corrected chi connectivity index (χ2v) is 5.89. The van der Waals surface area contributed by atoms with E-state index in [1.54, 1.807) is 10.9 Å². The summed E-state index contributed by atoms with van der Waals surface area (Å²) < 4.78 is 7.57. The van der Waals surface area contributed by atoms with Gasteiger partial charge in [0.05, 0.1) is 24.1 Å². The van der Waals surface area contributed by atoms with Gasteiger partial charge in [0.1, 0.15) is 5.82 Å². The molecule has 8 nitrogen and oxygen atoms in total. The van der Waals surface area contributed by atoms with Gasteiger partial charge in [0.15, 0.2) is 0 Å². The zero-order chi connectivity index (χ0) is 15.0. The van der Waals surface area contributed by atoms with Crippen LogP contribution in [0.1, 0.15) is 19.3 Å². The molecule has 1 aromatic heterocycles. The highest BCUT2D eigenvalue weighted by molar-refractivity contribution is 5.65. The fraction of sp³-hybridized carbons (Fsp3) is 0.692. The van der Waals surface area contributed by atoms with Crippen LogP contribution in [0.5, 0.6) is 0 Å². The van der Waals surface area contributed by atoms with Crippen LogP contribution in [0.25, 0.3) is 0 Å². The van der Waals surface area contributed by atoms with Crippen LogP contribution in [0.3, 0.4) is 0 Å². The summed E-state index contributed by atoms with van der Waals surface area (Å²) in [7, 11) is 1.86. The number of carboxylic acid groups (broad SMARTS) is 1. The summed E-state index contributed by atoms with van der Waals surface area (Å²) >= 11 is 0. The lowest BCUT2D eigenvalue weighted by Gasteiger charge is -2.44. The van der Waals surface area contributed by atoms with E-state index in [-0.39, 0.29) is 11.6 Å². The molecule has 0 aromatic carbocycles. The molecule has 0 aliphatic carbocycles. The number of nitrogens with two attached hydrogens (primary N) is 1. The van der Waals surface area contributed by atoms with E-state index in [0.29, 0.717) is 18.7 Å². The molecule has 1 amide bonds. The van der Waals surface area contributed by atoms with Crippen molar-refractivity contribution in [3.05, 3.63) is 6.20 Å². The van der Waals surface area contributed by atoms with Crippen LogP contribution in [0.4, 0.5) is 16.3 Å². The van der Waals surface area contributed by atoms with E-state index in [1.807, 2.05) is 7.05 Å². The number of carbonyl (C=O) groups is 1. The number of hydrogen-bond acceptors (Lipinski definition) is 5. The largest absolute Gasteiger partial charge is 0.465 e. The average molecular weight is 295 g/mol. The first-order valence-electron chi connectivity index (χ1n) is 7.15. The average Bonchev–Trinajstić information content (AvgIpc) is 2.60. The Morgan fingerprint density at radius 2 is 2.43 bits per heavy atom. The normalized spacial score (nSPS) is 29.0. The summed E-state index contributed by atoms with van der Waals surface area (Å²) in [6.45, 7) is 2.17. The Bertz CT molecular complexity index is 520. The Labute approximate surface area is 122 Å². The Morgan fingerprint density at radius 1 is 1.67 bits per heavy atom. The minimum atomic E-state index is -0.983. The molecule has 2 fully saturated rings. The predicted octanol–water partition coefficient (Wildman–Crippen LogP) is 0.398. The van der Waals surface area contributed by atoms with Crippen LogP contribution in [0.2, 0.25) is 0 Å². The summed E-state index contributed by atoms with van der Waals surface area (Å²) in [5.41, 5.74) is 6.37. The minimum absolute atomic E-state index is 0.0951. The summed E-state index contributed by atoms with van der Waals surface area (Å²) in [5.74, 6) is 0.876. The highest BCUT2D eigenvalue weighted by atomic mass is 16.5. The third-order valence-corrected chi connectivity index (χ3v) is 4.37. The standard InChI is InChI=1S/C13H21N5O3/c1-17-11(10(14)7-15-17)18-4-2-9(16-12(19)20)6-13(8-18)3-5-21-13/h7,9,16H,2-6,8,14H2,1H3,(H,19,20)/t9-,13?/m0/s1. The van der Waals surface area contributed by atoms with Gasteiger partial charge in [0, 0.05) is 32.6 Å². The second kappa shape index (κ2) is 5.10. The van der Waals surface area contributed by atoms with Gasteiger partial charge in [-0.1, -0.05) is 0 Å². The molecule has 0 bridgehead atoms. The molecule has 2 atom stereocenters. The fourth-order valence-corrected chi connectivity index (χ4v) is 3.34. The van der Waals surface area contributed by atoms with Crippen molar-refractivity contribution in [1.29, 1.82) is 0 Å². The molecule has 21 heavy (non-hydrogen) atoms. The lowest BCUT2D eigenvalue weighted by molar-refractivity contribution is -0.146. The van der Waals surface area contributed by atoms with E-state index >= 15 is 0 Å². The molecule has 2 aliphatic rings. The van der Waals surface area contributed by atoms with E-state index < -0.39 is 6.09 Å². The highest BCUT2D eigenvalue weighted by Gasteiger charge is 2.44. The molecule has 2 saturated heterocycles. The number of nitrogens with one attached hydrogen (secondary N) is 1. The molecule has 2 aliphatic heterocycles. The number of aromatic nitrogens is 2. The van der Waals surface area contributed by atoms with E-state index in [1.165, 1.54) is 0 Å². The minimum Gasteiger partial charge on any atom is -0.465 e. The van der Waals surface area contributed by atoms with Crippen molar-refractivity contribution in [3.8, 4) is 0 Å². The zero-order valence-corrected chi connectivity index (χ0v) is 12.1. The van der Waals surface area contributed by atoms with Crippen LogP contribution >= 0.6 is 0 Å². The molecule has 3 heterocycles. The SMILES string of the molecule is Cn1ncc(N)c1N1CC[C@H](NC(=O)O)CC2(CCO2)C1. The van der Waals surface area contributed by atoms with Gasteiger partial charge < -0.3 is 25.8 Å². The molecular formula is C13H21N5O3. The van der Waals surface area contributed by atoms with Crippen LogP contribution in [0.15, 0.2) is 6.20 Å². The monoisotopic (exact) mass is 295 g/mol. The second-order valence-electron chi connectivity index (χ2n) is 5.89. The fourth-order valence-electron chi connectivity index (χ4n) is 3.34. The summed E-state index contributed by atoms with van der Waals surface area (Å²) in [6, 6.07) is -0.0951. The van der Waals surface area contributed by atoms with E-state index in [9.17, 15) is 4.79 Å². The Balaban J connectivity index is 1.82. The highest BCUT2D eigenvalue weighted by Crippen LogP contribution is 2.37. The van der Waals surface area contributed by atoms with Crippen molar-refractivity contribution in [3.63, 3.8) is 0 Å². The Morgan fingerprint density at radius 3 is 2.95 bits per heavy atom. The van der Waals surface area contributed by atoms with Crippen molar-refractivity contribution in [2.45, 2.75) is 30.9 Å². The van der Waals surface area contributed by atoms with Crippen molar-refractivity contribution in [2.24, 2.45) is 7.05 Å². The van der Waals surface area contributed by atoms with Crippen molar-refractivity contribution in [1.82, 2.24) is 15.1 Å². The van der Waals surface area contributed by atoms with Crippen LogP contribution < -0.4 is 16.0 Å². The maximum Gasteiger partial charge on any atom is 0.404 e. The third-order valence-electron chi connectivity index (χ3n) is 4.37. The molecule has 116 valence electrons. The molecule has 4 N–H and O–H groups in total. The predicted molar refractivity (Wildman–Crippen MR) is 77.3 cm³/mol. The molecule has 8 heteroatoms. The van der Waals surface area contributed by atoms with E-state index in [2.05, 4.69) is 15.3 Å². The summed E-state index contributed by atoms with van der Waals surface area (Å²) in [5, 5.41) is 15.7. The Hall–Kier alpha value is -1.96. The number of nitrogens with zero attached hydrogens (tertiary/aromatic N) is 3. The maximum absolute atomic E-state index is 10.9. The first-order valence-corrected chi connectivity index (χ1v) is 7.15. The molecule has 3 rings (SSSR count). The van der Waals surface area contributed by atoms with Gasteiger partial charge in [0.25, 0.3) is 0 Å². The van der Waals surface area contributed by atoms with E-state index in [0.717, 1.165) is 31.8 Å². The quantitative estimate of drug-likeness (QED) is 0.729. The van der Waals surface area contributed by atoms with E-state index in [4.69, 9.17) is 15.6 Å². The molecule has 0 saturated carbocycles. The van der Waals surface area contributed by atoms with Crippen LogP contribution in [-0.4, -0.2) is 52.3 Å². The number of amides is 1. The zero-order valence-electron chi connectivity index (χ0n) is 12.1. The smallest absolute Gasteiger partial charge is 0.404 e. The summed E-state index contributed by atoms with van der Waals surface area (Å²) in [4.78, 5) is 13.1. The number of rotatable bonds is 2.